The van der Waals surface area contributed by atoms with Gasteiger partial charge in [-0.2, -0.15) is 18.4 Å². The molecule has 3 aromatic rings. The number of hydrogen-bond acceptors (Lipinski definition) is 8. The van der Waals surface area contributed by atoms with Crippen molar-refractivity contribution in [2.75, 3.05) is 18.9 Å². The number of fused-ring (bicyclic) bond motifs is 1. The number of carbonyl (C=O) groups is 1. The molecule has 0 unspecified atom stereocenters. The van der Waals surface area contributed by atoms with Gasteiger partial charge in [0.2, 0.25) is 5.88 Å². The fourth-order valence-corrected chi connectivity index (χ4v) is 3.54. The minimum absolute atomic E-state index is 0.0147. The van der Waals surface area contributed by atoms with Crippen molar-refractivity contribution in [2.45, 2.75) is 12.1 Å². The molecule has 27 heavy (non-hydrogen) atoms. The lowest BCUT2D eigenvalue weighted by molar-refractivity contribution is 0.0602. The molecule has 12 heteroatoms. The molecule has 0 radical (unpaired) electrons. The summed E-state index contributed by atoms with van der Waals surface area (Å²) in [4.78, 5) is 19.9. The van der Waals surface area contributed by atoms with Crippen molar-refractivity contribution in [1.29, 1.82) is 0 Å². The average molecular weight is 412 g/mol. The molecule has 0 spiro atoms. The van der Waals surface area contributed by atoms with Crippen molar-refractivity contribution >= 4 is 39.1 Å². The van der Waals surface area contributed by atoms with Gasteiger partial charge in [-0.15, -0.1) is 5.10 Å². The number of esters is 1. The molecule has 3 rings (SSSR count). The lowest BCUT2D eigenvalue weighted by Gasteiger charge is -2.11. The Hall–Kier alpha value is -2.92. The van der Waals surface area contributed by atoms with Gasteiger partial charge in [0.15, 0.2) is 0 Å². The summed E-state index contributed by atoms with van der Waals surface area (Å²) in [5.41, 5.74) is 0.463. The number of benzene rings is 1. The summed E-state index contributed by atoms with van der Waals surface area (Å²) in [6.07, 6.45) is 1.53. The monoisotopic (exact) mass is 411 g/mol. The first-order valence-electron chi connectivity index (χ1n) is 7.44. The van der Waals surface area contributed by atoms with E-state index in [9.17, 15) is 13.2 Å². The predicted octanol–water partition coefficient (Wildman–Crippen LogP) is 1.68. The molecule has 0 aliphatic carbocycles. The largest absolute Gasteiger partial charge is 0.481 e. The Morgan fingerprint density at radius 3 is 2.67 bits per heavy atom. The van der Waals surface area contributed by atoms with Gasteiger partial charge in [-0.3, -0.25) is 4.72 Å². The Morgan fingerprint density at radius 2 is 2.00 bits per heavy atom. The lowest BCUT2D eigenvalue weighted by atomic mass is 10.2. The van der Waals surface area contributed by atoms with Crippen LogP contribution < -0.4 is 9.46 Å². The molecule has 142 valence electrons. The van der Waals surface area contributed by atoms with Crippen LogP contribution in [0.1, 0.15) is 15.9 Å². The fourth-order valence-electron chi connectivity index (χ4n) is 2.28. The van der Waals surface area contributed by atoms with E-state index in [1.54, 1.807) is 6.92 Å². The zero-order valence-electron chi connectivity index (χ0n) is 14.4. The van der Waals surface area contributed by atoms with Gasteiger partial charge in [0.05, 0.1) is 30.5 Å². The van der Waals surface area contributed by atoms with Crippen LogP contribution in [0.5, 0.6) is 5.88 Å². The number of ether oxygens (including phenoxy) is 2. The lowest BCUT2D eigenvalue weighted by Crippen LogP contribution is -2.18. The number of methoxy groups -OCH3 is 2. The van der Waals surface area contributed by atoms with Gasteiger partial charge in [0.25, 0.3) is 21.0 Å². The van der Waals surface area contributed by atoms with Crippen LogP contribution in [0.3, 0.4) is 0 Å². The van der Waals surface area contributed by atoms with Gasteiger partial charge in [0, 0.05) is 11.8 Å². The summed E-state index contributed by atoms with van der Waals surface area (Å²) in [5.74, 6) is -0.420. The van der Waals surface area contributed by atoms with Crippen LogP contribution in [-0.2, 0) is 14.8 Å². The number of halogens is 1. The molecule has 0 amide bonds. The van der Waals surface area contributed by atoms with Crippen LogP contribution in [0, 0.1) is 6.92 Å². The molecule has 0 fully saturated rings. The highest BCUT2D eigenvalue weighted by atomic mass is 35.5. The molecule has 0 saturated heterocycles. The third-order valence-electron chi connectivity index (χ3n) is 3.54. The molecule has 2 heterocycles. The second-order valence-corrected chi connectivity index (χ2v) is 7.31. The standard InChI is InChI=1S/C15H14ClN5O5S/c1-8-7-21-14(17-12(8)25-2)18-15(19-21)27(23,24)20-11-9(13(22)26-3)5-4-6-10(11)16/h4-7,20H,1-3H3. The van der Waals surface area contributed by atoms with Gasteiger partial charge in [0.1, 0.15) is 0 Å². The molecule has 0 atom stereocenters. The second-order valence-electron chi connectivity index (χ2n) is 5.33. The Morgan fingerprint density at radius 1 is 1.26 bits per heavy atom. The minimum atomic E-state index is -4.26. The van der Waals surface area contributed by atoms with Crippen molar-refractivity contribution in [3.63, 3.8) is 0 Å². The normalized spacial score (nSPS) is 11.4. The maximum absolute atomic E-state index is 12.7. The Kier molecular flexibility index (Phi) is 4.89. The van der Waals surface area contributed by atoms with Crippen molar-refractivity contribution in [3.8, 4) is 5.88 Å². The number of aryl methyl sites for hydroxylation is 1. The van der Waals surface area contributed by atoms with Crippen molar-refractivity contribution < 1.29 is 22.7 Å². The van der Waals surface area contributed by atoms with E-state index in [1.807, 2.05) is 0 Å². The second kappa shape index (κ2) is 7.00. The van der Waals surface area contributed by atoms with E-state index < -0.39 is 21.1 Å². The van der Waals surface area contributed by atoms with E-state index in [1.165, 1.54) is 43.1 Å². The first-order chi connectivity index (χ1) is 12.8. The number of aromatic nitrogens is 4. The zero-order chi connectivity index (χ0) is 19.8. The molecule has 1 aromatic carbocycles. The van der Waals surface area contributed by atoms with Crippen molar-refractivity contribution in [2.24, 2.45) is 0 Å². The first-order valence-corrected chi connectivity index (χ1v) is 9.30. The van der Waals surface area contributed by atoms with E-state index in [0.29, 0.717) is 11.4 Å². The summed E-state index contributed by atoms with van der Waals surface area (Å²) in [6.45, 7) is 1.73. The van der Waals surface area contributed by atoms with Crippen molar-refractivity contribution in [3.05, 3.63) is 40.5 Å². The fraction of sp³-hybridized carbons (Fsp3) is 0.200. The zero-order valence-corrected chi connectivity index (χ0v) is 16.0. The predicted molar refractivity (Wildman–Crippen MR) is 95.7 cm³/mol. The Bertz CT molecular complexity index is 1140. The molecule has 1 N–H and O–H groups in total. The van der Waals surface area contributed by atoms with Gasteiger partial charge in [-0.05, 0) is 19.1 Å². The van der Waals surface area contributed by atoms with Gasteiger partial charge >= 0.3 is 5.97 Å². The molecule has 0 aliphatic heterocycles. The third-order valence-corrected chi connectivity index (χ3v) is 4.98. The topological polar surface area (TPSA) is 125 Å². The third kappa shape index (κ3) is 3.51. The van der Waals surface area contributed by atoms with E-state index >= 15 is 0 Å². The summed E-state index contributed by atoms with van der Waals surface area (Å²) in [7, 11) is -1.65. The molecule has 2 aromatic heterocycles. The highest BCUT2D eigenvalue weighted by Gasteiger charge is 2.26. The van der Waals surface area contributed by atoms with E-state index in [-0.39, 0.29) is 22.1 Å². The molecular formula is C15H14ClN5O5S. The maximum atomic E-state index is 12.7. The van der Waals surface area contributed by atoms with Crippen LogP contribution >= 0.6 is 11.6 Å². The summed E-state index contributed by atoms with van der Waals surface area (Å²) >= 11 is 6.05. The Balaban J connectivity index is 2.06. The molecule has 0 bridgehead atoms. The maximum Gasteiger partial charge on any atom is 0.340 e. The van der Waals surface area contributed by atoms with Gasteiger partial charge in [-0.25, -0.2) is 9.31 Å². The quantitative estimate of drug-likeness (QED) is 0.628. The highest BCUT2D eigenvalue weighted by molar-refractivity contribution is 7.92. The van der Waals surface area contributed by atoms with Gasteiger partial charge < -0.3 is 9.47 Å². The number of nitrogens with one attached hydrogen (secondary N) is 1. The minimum Gasteiger partial charge on any atom is -0.481 e. The molecule has 0 aliphatic rings. The van der Waals surface area contributed by atoms with E-state index in [4.69, 9.17) is 16.3 Å². The van der Waals surface area contributed by atoms with Crippen molar-refractivity contribution in [1.82, 2.24) is 19.6 Å². The number of para-hydroxylation sites is 1. The van der Waals surface area contributed by atoms with Crippen LogP contribution in [0.25, 0.3) is 5.78 Å². The van der Waals surface area contributed by atoms with Crippen LogP contribution in [0.15, 0.2) is 29.6 Å². The van der Waals surface area contributed by atoms with Crippen LogP contribution in [-0.4, -0.2) is 48.2 Å². The number of sulfonamides is 1. The Labute approximate surface area is 159 Å². The first kappa shape index (κ1) is 18.9. The summed E-state index contributed by atoms with van der Waals surface area (Å²) in [6, 6.07) is 4.30. The molecule has 10 nitrogen and oxygen atoms in total. The highest BCUT2D eigenvalue weighted by Crippen LogP contribution is 2.28. The smallest absolute Gasteiger partial charge is 0.340 e. The molecular weight excluding hydrogens is 398 g/mol. The number of nitrogens with zero attached hydrogens (tertiary/aromatic N) is 4. The number of rotatable bonds is 5. The summed E-state index contributed by atoms with van der Waals surface area (Å²) < 4.78 is 38.6. The average Bonchev–Trinajstić information content (AvgIpc) is 3.05. The molecule has 0 saturated carbocycles. The number of anilines is 1. The van der Waals surface area contributed by atoms with Gasteiger partial charge in [-0.1, -0.05) is 17.7 Å². The van der Waals surface area contributed by atoms with Crippen LogP contribution in [0.4, 0.5) is 5.69 Å². The number of hydrogen-bond donors (Lipinski definition) is 1. The number of carbonyl (C=O) groups excluding carboxylic acids is 1. The SMILES string of the molecule is COC(=O)c1cccc(Cl)c1NS(=O)(=O)c1nc2nc(OC)c(C)cn2n1. The van der Waals surface area contributed by atoms with E-state index in [0.717, 1.165) is 0 Å². The summed E-state index contributed by atoms with van der Waals surface area (Å²) in [5, 5.41) is 3.39. The van der Waals surface area contributed by atoms with Crippen LogP contribution in [0.2, 0.25) is 5.02 Å². The van der Waals surface area contributed by atoms with E-state index in [2.05, 4.69) is 24.5 Å².